The number of aldehydes is 1. The smallest absolute Gasteiger partial charge is 0.341 e. The molecule has 80 valence electrons. The quantitative estimate of drug-likeness (QED) is 0.733. The van der Waals surface area contributed by atoms with Gasteiger partial charge in [-0.05, 0) is 12.1 Å². The molecule has 0 fully saturated rings. The molecule has 0 radical (unpaired) electrons. The summed E-state index contributed by atoms with van der Waals surface area (Å²) in [4.78, 5) is 20.8. The van der Waals surface area contributed by atoms with Gasteiger partial charge in [0.25, 0.3) is 0 Å². The Morgan fingerprint density at radius 3 is 2.60 bits per heavy atom. The second-order valence-electron chi connectivity index (χ2n) is 2.74. The fourth-order valence-electron chi connectivity index (χ4n) is 1.01. The third-order valence-electron chi connectivity index (χ3n) is 1.64. The monoisotopic (exact) mass is 210 g/mol. The van der Waals surface area contributed by atoms with Crippen molar-refractivity contribution in [3.05, 3.63) is 23.8 Å². The Balaban J connectivity index is 2.86. The zero-order valence-electron chi connectivity index (χ0n) is 8.10. The minimum atomic E-state index is -1.08. The molecule has 0 spiro atoms. The molecule has 0 heterocycles. The Hall–Kier alpha value is -2.04. The number of carbonyl (C=O) groups is 2. The molecule has 0 aromatic heterocycles. The van der Waals surface area contributed by atoms with E-state index in [4.69, 9.17) is 14.6 Å². The number of hydrogen-bond acceptors (Lipinski definition) is 4. The highest BCUT2D eigenvalue weighted by Crippen LogP contribution is 2.21. The molecule has 5 heteroatoms. The van der Waals surface area contributed by atoms with Gasteiger partial charge in [0.15, 0.2) is 6.61 Å². The second-order valence-corrected chi connectivity index (χ2v) is 2.74. The van der Waals surface area contributed by atoms with E-state index in [0.29, 0.717) is 23.3 Å². The van der Waals surface area contributed by atoms with Gasteiger partial charge in [-0.3, -0.25) is 4.79 Å². The standard InChI is InChI=1S/C10H10O5/c1-14-8-2-7(5-11)3-9(4-8)15-6-10(12)13/h2-5H,6H2,1H3,(H,12,13). The Morgan fingerprint density at radius 2 is 2.07 bits per heavy atom. The van der Waals surface area contributed by atoms with Gasteiger partial charge in [-0.2, -0.15) is 0 Å². The number of carboxylic acids is 1. The van der Waals surface area contributed by atoms with Crippen molar-refractivity contribution in [2.45, 2.75) is 0 Å². The molecule has 0 unspecified atom stereocenters. The number of carbonyl (C=O) groups excluding carboxylic acids is 1. The Bertz CT molecular complexity index is 372. The maximum atomic E-state index is 10.5. The summed E-state index contributed by atoms with van der Waals surface area (Å²) in [6.07, 6.45) is 0.635. The van der Waals surface area contributed by atoms with Crippen LogP contribution in [-0.4, -0.2) is 31.1 Å². The maximum absolute atomic E-state index is 10.5. The van der Waals surface area contributed by atoms with E-state index >= 15 is 0 Å². The second kappa shape index (κ2) is 4.99. The van der Waals surface area contributed by atoms with Crippen molar-refractivity contribution in [1.29, 1.82) is 0 Å². The third kappa shape index (κ3) is 3.30. The molecule has 1 aromatic carbocycles. The van der Waals surface area contributed by atoms with Gasteiger partial charge in [0.2, 0.25) is 0 Å². The molecule has 15 heavy (non-hydrogen) atoms. The minimum Gasteiger partial charge on any atom is -0.497 e. The average molecular weight is 210 g/mol. The first kappa shape index (κ1) is 11.0. The Kier molecular flexibility index (Phi) is 3.68. The predicted octanol–water partition coefficient (Wildman–Crippen LogP) is 0.971. The lowest BCUT2D eigenvalue weighted by molar-refractivity contribution is -0.139. The van der Waals surface area contributed by atoms with Crippen LogP contribution in [0.4, 0.5) is 0 Å². The molecule has 0 amide bonds. The van der Waals surface area contributed by atoms with Crippen LogP contribution in [0.3, 0.4) is 0 Å². The van der Waals surface area contributed by atoms with Gasteiger partial charge in [-0.15, -0.1) is 0 Å². The van der Waals surface area contributed by atoms with E-state index in [1.54, 1.807) is 0 Å². The SMILES string of the molecule is COc1cc(C=O)cc(OCC(=O)O)c1. The molecule has 1 aromatic rings. The molecule has 0 aliphatic carbocycles. The molecule has 1 N–H and O–H groups in total. The van der Waals surface area contributed by atoms with Crippen molar-refractivity contribution in [1.82, 2.24) is 0 Å². The predicted molar refractivity (Wildman–Crippen MR) is 51.5 cm³/mol. The highest BCUT2D eigenvalue weighted by molar-refractivity contribution is 5.76. The van der Waals surface area contributed by atoms with Crippen LogP contribution in [0.5, 0.6) is 11.5 Å². The number of ether oxygens (including phenoxy) is 2. The van der Waals surface area contributed by atoms with E-state index in [1.807, 2.05) is 0 Å². The van der Waals surface area contributed by atoms with E-state index in [1.165, 1.54) is 25.3 Å². The summed E-state index contributed by atoms with van der Waals surface area (Å²) in [5.41, 5.74) is 0.370. The lowest BCUT2D eigenvalue weighted by Crippen LogP contribution is -2.09. The van der Waals surface area contributed by atoms with Crippen molar-refractivity contribution < 1.29 is 24.2 Å². The zero-order valence-corrected chi connectivity index (χ0v) is 8.10. The largest absolute Gasteiger partial charge is 0.497 e. The van der Waals surface area contributed by atoms with Crippen LogP contribution in [0.2, 0.25) is 0 Å². The van der Waals surface area contributed by atoms with Gasteiger partial charge in [0.05, 0.1) is 7.11 Å². The molecule has 1 rings (SSSR count). The normalized spacial score (nSPS) is 9.40. The van der Waals surface area contributed by atoms with Crippen molar-refractivity contribution >= 4 is 12.3 Å². The lowest BCUT2D eigenvalue weighted by Gasteiger charge is -2.06. The van der Waals surface area contributed by atoms with Crippen LogP contribution in [-0.2, 0) is 4.79 Å². The minimum absolute atomic E-state index is 0.291. The van der Waals surface area contributed by atoms with Gasteiger partial charge in [-0.1, -0.05) is 0 Å². The van der Waals surface area contributed by atoms with Gasteiger partial charge in [0, 0.05) is 11.6 Å². The van der Waals surface area contributed by atoms with Crippen molar-refractivity contribution in [2.75, 3.05) is 13.7 Å². The van der Waals surface area contributed by atoms with Crippen LogP contribution < -0.4 is 9.47 Å². The molecule has 0 bridgehead atoms. The molecular weight excluding hydrogens is 200 g/mol. The summed E-state index contributed by atoms with van der Waals surface area (Å²) < 4.78 is 9.83. The van der Waals surface area contributed by atoms with E-state index in [0.717, 1.165) is 0 Å². The molecule has 0 saturated carbocycles. The first-order chi connectivity index (χ1) is 7.15. The van der Waals surface area contributed by atoms with Gasteiger partial charge < -0.3 is 14.6 Å². The van der Waals surface area contributed by atoms with Crippen molar-refractivity contribution in [3.8, 4) is 11.5 Å². The molecule has 0 atom stereocenters. The van der Waals surface area contributed by atoms with Crippen LogP contribution in [0.15, 0.2) is 18.2 Å². The fraction of sp³-hybridized carbons (Fsp3) is 0.200. The van der Waals surface area contributed by atoms with E-state index in [9.17, 15) is 9.59 Å². The van der Waals surface area contributed by atoms with Crippen molar-refractivity contribution in [2.24, 2.45) is 0 Å². The molecular formula is C10H10O5. The van der Waals surface area contributed by atoms with Crippen LogP contribution in [0, 0.1) is 0 Å². The molecule has 5 nitrogen and oxygen atoms in total. The first-order valence-corrected chi connectivity index (χ1v) is 4.14. The van der Waals surface area contributed by atoms with E-state index in [2.05, 4.69) is 0 Å². The Labute approximate surface area is 86.2 Å². The van der Waals surface area contributed by atoms with E-state index < -0.39 is 12.6 Å². The van der Waals surface area contributed by atoms with Gasteiger partial charge in [0.1, 0.15) is 17.8 Å². The summed E-state index contributed by atoms with van der Waals surface area (Å²) in [6.45, 7) is -0.453. The first-order valence-electron chi connectivity index (χ1n) is 4.14. The highest BCUT2D eigenvalue weighted by atomic mass is 16.5. The summed E-state index contributed by atoms with van der Waals surface area (Å²) >= 11 is 0. The summed E-state index contributed by atoms with van der Waals surface area (Å²) in [7, 11) is 1.45. The van der Waals surface area contributed by atoms with Gasteiger partial charge in [-0.25, -0.2) is 4.79 Å². The number of rotatable bonds is 5. The van der Waals surface area contributed by atoms with Crippen molar-refractivity contribution in [3.63, 3.8) is 0 Å². The molecule has 0 aliphatic heterocycles. The van der Waals surface area contributed by atoms with Crippen LogP contribution in [0.1, 0.15) is 10.4 Å². The third-order valence-corrected chi connectivity index (χ3v) is 1.64. The van der Waals surface area contributed by atoms with E-state index in [-0.39, 0.29) is 0 Å². The maximum Gasteiger partial charge on any atom is 0.341 e. The number of benzene rings is 1. The fourth-order valence-corrected chi connectivity index (χ4v) is 1.01. The number of aliphatic carboxylic acids is 1. The molecule has 0 saturated heterocycles. The van der Waals surface area contributed by atoms with Gasteiger partial charge >= 0.3 is 5.97 Å². The average Bonchev–Trinajstić information content (AvgIpc) is 2.25. The summed E-state index contributed by atoms with van der Waals surface area (Å²) in [5, 5.41) is 8.40. The van der Waals surface area contributed by atoms with Crippen LogP contribution in [0.25, 0.3) is 0 Å². The number of methoxy groups -OCH3 is 1. The topological polar surface area (TPSA) is 72.8 Å². The molecule has 0 aliphatic rings. The lowest BCUT2D eigenvalue weighted by atomic mass is 10.2. The highest BCUT2D eigenvalue weighted by Gasteiger charge is 2.03. The zero-order chi connectivity index (χ0) is 11.3. The number of carboxylic acid groups (broad SMARTS) is 1. The summed E-state index contributed by atoms with van der Waals surface area (Å²) in [6, 6.07) is 4.48. The Morgan fingerprint density at radius 1 is 1.40 bits per heavy atom. The number of hydrogen-bond donors (Lipinski definition) is 1. The van der Waals surface area contributed by atoms with Crippen LogP contribution >= 0.6 is 0 Å². The summed E-state index contributed by atoms with van der Waals surface area (Å²) in [5.74, 6) is -0.343.